The first kappa shape index (κ1) is 13.2. The smallest absolute Gasteiger partial charge is 0.235 e. The lowest BCUT2D eigenvalue weighted by molar-refractivity contribution is 0.631. The number of aromatic nitrogens is 6. The molecule has 3 heterocycles. The van der Waals surface area contributed by atoms with E-state index in [9.17, 15) is 4.39 Å². The molecule has 0 N–H and O–H groups in total. The number of nitrogens with zero attached hydrogens (tertiary/aromatic N) is 6. The van der Waals surface area contributed by atoms with Gasteiger partial charge >= 0.3 is 0 Å². The second-order valence-corrected chi connectivity index (χ2v) is 5.68. The number of fused-ring (bicyclic) bond motifs is 1. The Balaban J connectivity index is 1.91. The summed E-state index contributed by atoms with van der Waals surface area (Å²) in [5, 5.41) is 13.2. The summed E-state index contributed by atoms with van der Waals surface area (Å²) in [5.74, 6) is 0.0107. The number of rotatable bonds is 2. The molecule has 0 saturated carbocycles. The summed E-state index contributed by atoms with van der Waals surface area (Å²) < 4.78 is 15.5. The van der Waals surface area contributed by atoms with E-state index in [4.69, 9.17) is 11.6 Å². The van der Waals surface area contributed by atoms with Crippen LogP contribution in [0.2, 0.25) is 5.02 Å². The van der Waals surface area contributed by atoms with Crippen LogP contribution in [-0.2, 0) is 0 Å². The van der Waals surface area contributed by atoms with Crippen LogP contribution in [0.15, 0.2) is 36.8 Å². The molecule has 0 radical (unpaired) electrons. The summed E-state index contributed by atoms with van der Waals surface area (Å²) in [6.45, 7) is 0. The van der Waals surface area contributed by atoms with E-state index in [-0.39, 0.29) is 5.56 Å². The summed E-state index contributed by atoms with van der Waals surface area (Å²) in [4.78, 5) is 8.68. The van der Waals surface area contributed by atoms with E-state index in [1.165, 1.54) is 21.9 Å². The Hall–Kier alpha value is -2.45. The highest BCUT2D eigenvalue weighted by atomic mass is 35.5. The Kier molecular flexibility index (Phi) is 3.05. The van der Waals surface area contributed by atoms with Gasteiger partial charge in [-0.1, -0.05) is 29.0 Å². The van der Waals surface area contributed by atoms with Gasteiger partial charge in [0.2, 0.25) is 10.8 Å². The van der Waals surface area contributed by atoms with Gasteiger partial charge in [-0.3, -0.25) is 4.98 Å². The van der Waals surface area contributed by atoms with Crippen molar-refractivity contribution in [3.63, 3.8) is 0 Å². The number of hydrogen-bond acceptors (Lipinski definition) is 6. The molecule has 0 fully saturated rings. The molecule has 0 aliphatic heterocycles. The predicted octanol–water partition coefficient (Wildman–Crippen LogP) is 3.10. The Bertz CT molecular complexity index is 947. The van der Waals surface area contributed by atoms with Crippen molar-refractivity contribution in [2.75, 3.05) is 0 Å². The van der Waals surface area contributed by atoms with Crippen molar-refractivity contribution in [1.82, 2.24) is 29.8 Å². The third kappa shape index (κ3) is 2.04. The fourth-order valence-electron chi connectivity index (χ4n) is 1.99. The van der Waals surface area contributed by atoms with Crippen LogP contribution in [0.25, 0.3) is 27.1 Å². The van der Waals surface area contributed by atoms with Gasteiger partial charge in [-0.25, -0.2) is 9.37 Å². The Morgan fingerprint density at radius 2 is 2.09 bits per heavy atom. The molecule has 0 unspecified atom stereocenters. The van der Waals surface area contributed by atoms with E-state index in [2.05, 4.69) is 25.3 Å². The monoisotopic (exact) mass is 332 g/mol. The van der Waals surface area contributed by atoms with E-state index in [0.717, 1.165) is 0 Å². The maximum absolute atomic E-state index is 14.0. The number of halogens is 2. The molecule has 0 atom stereocenters. The zero-order chi connectivity index (χ0) is 15.1. The molecule has 1 aromatic carbocycles. The van der Waals surface area contributed by atoms with Crippen LogP contribution in [0.4, 0.5) is 4.39 Å². The highest BCUT2D eigenvalue weighted by Crippen LogP contribution is 2.34. The van der Waals surface area contributed by atoms with Gasteiger partial charge in [-0.15, -0.1) is 10.2 Å². The largest absolute Gasteiger partial charge is 0.261 e. The third-order valence-corrected chi connectivity index (χ3v) is 4.19. The summed E-state index contributed by atoms with van der Waals surface area (Å²) in [5.41, 5.74) is 0.788. The van der Waals surface area contributed by atoms with E-state index in [1.54, 1.807) is 30.7 Å². The first-order valence-electron chi connectivity index (χ1n) is 6.17. The normalized spacial score (nSPS) is 11.2. The van der Waals surface area contributed by atoms with Gasteiger partial charge in [-0.2, -0.15) is 9.61 Å². The first-order chi connectivity index (χ1) is 10.7. The molecule has 22 heavy (non-hydrogen) atoms. The van der Waals surface area contributed by atoms with E-state index in [0.29, 0.717) is 26.5 Å². The number of hydrogen-bond donors (Lipinski definition) is 0. The second-order valence-electron chi connectivity index (χ2n) is 4.31. The lowest BCUT2D eigenvalue weighted by atomic mass is 10.2. The molecule has 4 aromatic rings. The lowest BCUT2D eigenvalue weighted by Crippen LogP contribution is -1.94. The minimum absolute atomic E-state index is 0.254. The van der Waals surface area contributed by atoms with Gasteiger partial charge in [-0.05, 0) is 12.1 Å². The highest BCUT2D eigenvalue weighted by molar-refractivity contribution is 7.19. The Labute approximate surface area is 132 Å². The molecule has 0 amide bonds. The predicted molar refractivity (Wildman–Crippen MR) is 80.1 cm³/mol. The molecule has 0 spiro atoms. The molecule has 0 aliphatic rings. The van der Waals surface area contributed by atoms with Crippen LogP contribution >= 0.6 is 22.9 Å². The van der Waals surface area contributed by atoms with Crippen LogP contribution in [0.3, 0.4) is 0 Å². The number of benzene rings is 1. The zero-order valence-electron chi connectivity index (χ0n) is 10.8. The molecule has 4 rings (SSSR count). The molecule has 108 valence electrons. The van der Waals surface area contributed by atoms with Crippen LogP contribution in [-0.4, -0.2) is 29.8 Å². The quantitative estimate of drug-likeness (QED) is 0.564. The molecule has 0 saturated heterocycles. The van der Waals surface area contributed by atoms with Gasteiger partial charge in [0.25, 0.3) is 0 Å². The lowest BCUT2D eigenvalue weighted by Gasteiger charge is -2.00. The molecule has 9 heteroatoms. The molecular formula is C13H6ClFN6S. The van der Waals surface area contributed by atoms with Crippen molar-refractivity contribution in [2.24, 2.45) is 0 Å². The van der Waals surface area contributed by atoms with Gasteiger partial charge in [0.1, 0.15) is 11.5 Å². The highest BCUT2D eigenvalue weighted by Gasteiger charge is 2.19. The van der Waals surface area contributed by atoms with Crippen LogP contribution in [0, 0.1) is 5.82 Å². The summed E-state index contributed by atoms with van der Waals surface area (Å²) in [6, 6.07) is 4.51. The standard InChI is InChI=1S/C13H6ClFN6S/c14-7-2-1-3-8(15)10(7)12-20-21-11(18-19-13(21)22-12)9-6-16-4-5-17-9/h1-6H. The summed E-state index contributed by atoms with van der Waals surface area (Å²) in [7, 11) is 0. The van der Waals surface area contributed by atoms with Crippen molar-refractivity contribution < 1.29 is 4.39 Å². The van der Waals surface area contributed by atoms with Gasteiger partial charge < -0.3 is 0 Å². The molecule has 6 nitrogen and oxygen atoms in total. The summed E-state index contributed by atoms with van der Waals surface area (Å²) >= 11 is 7.27. The first-order valence-corrected chi connectivity index (χ1v) is 7.36. The second kappa shape index (κ2) is 5.08. The maximum Gasteiger partial charge on any atom is 0.235 e. The molecule has 3 aromatic heterocycles. The average Bonchev–Trinajstić information content (AvgIpc) is 3.08. The topological polar surface area (TPSA) is 68.9 Å². The van der Waals surface area contributed by atoms with Crippen molar-refractivity contribution >= 4 is 27.9 Å². The maximum atomic E-state index is 14.0. The zero-order valence-corrected chi connectivity index (χ0v) is 12.4. The SMILES string of the molecule is Fc1cccc(Cl)c1-c1nn2c(-c3cnccn3)nnc2s1. The van der Waals surface area contributed by atoms with E-state index < -0.39 is 5.82 Å². The van der Waals surface area contributed by atoms with Crippen molar-refractivity contribution in [3.05, 3.63) is 47.6 Å². The fraction of sp³-hybridized carbons (Fsp3) is 0. The summed E-state index contributed by atoms with van der Waals surface area (Å²) in [6.07, 6.45) is 4.68. The van der Waals surface area contributed by atoms with Crippen molar-refractivity contribution in [1.29, 1.82) is 0 Å². The average molecular weight is 333 g/mol. The third-order valence-electron chi connectivity index (χ3n) is 2.96. The minimum atomic E-state index is -0.432. The van der Waals surface area contributed by atoms with Crippen molar-refractivity contribution in [2.45, 2.75) is 0 Å². The van der Waals surface area contributed by atoms with Gasteiger partial charge in [0.15, 0.2) is 5.01 Å². The molecule has 0 bridgehead atoms. The minimum Gasteiger partial charge on any atom is -0.261 e. The van der Waals surface area contributed by atoms with Gasteiger partial charge in [0.05, 0.1) is 16.8 Å². The van der Waals surface area contributed by atoms with Crippen LogP contribution < -0.4 is 0 Å². The van der Waals surface area contributed by atoms with Crippen LogP contribution in [0.1, 0.15) is 0 Å². The van der Waals surface area contributed by atoms with E-state index >= 15 is 0 Å². The van der Waals surface area contributed by atoms with Gasteiger partial charge in [0, 0.05) is 12.4 Å². The van der Waals surface area contributed by atoms with E-state index in [1.807, 2.05) is 0 Å². The Morgan fingerprint density at radius 3 is 2.86 bits per heavy atom. The fourth-order valence-corrected chi connectivity index (χ4v) is 3.20. The molecule has 0 aliphatic carbocycles. The van der Waals surface area contributed by atoms with Crippen molar-refractivity contribution in [3.8, 4) is 22.1 Å². The molecular weight excluding hydrogens is 327 g/mol. The van der Waals surface area contributed by atoms with Crippen LogP contribution in [0.5, 0.6) is 0 Å². The Morgan fingerprint density at radius 1 is 1.18 bits per heavy atom.